The molecule has 0 amide bonds. The van der Waals surface area contributed by atoms with E-state index in [-0.39, 0.29) is 4.90 Å². The van der Waals surface area contributed by atoms with Crippen LogP contribution in [0.5, 0.6) is 11.5 Å². The molecule has 0 radical (unpaired) electrons. The largest absolute Gasteiger partial charge is 0.486 e. The average Bonchev–Trinajstić information content (AvgIpc) is 2.55. The first-order valence-corrected chi connectivity index (χ1v) is 8.95. The zero-order chi connectivity index (χ0) is 16.4. The van der Waals surface area contributed by atoms with Crippen LogP contribution in [0.4, 0.5) is 5.69 Å². The lowest BCUT2D eigenvalue weighted by molar-refractivity contribution is 0.171. The summed E-state index contributed by atoms with van der Waals surface area (Å²) in [5.41, 5.74) is 1.59. The summed E-state index contributed by atoms with van der Waals surface area (Å²) in [5.74, 6) is 1.22. The van der Waals surface area contributed by atoms with Crippen molar-refractivity contribution in [3.8, 4) is 11.5 Å². The Morgan fingerprint density at radius 2 is 1.65 bits per heavy atom. The van der Waals surface area contributed by atoms with Gasteiger partial charge in [-0.15, -0.1) is 0 Å². The molecule has 0 saturated heterocycles. The lowest BCUT2D eigenvalue weighted by atomic mass is 10.2. The first-order valence-electron chi connectivity index (χ1n) is 7.51. The minimum Gasteiger partial charge on any atom is -0.486 e. The molecule has 0 N–H and O–H groups in total. The molecule has 0 fully saturated rings. The van der Waals surface area contributed by atoms with Crippen LogP contribution in [0.15, 0.2) is 47.4 Å². The van der Waals surface area contributed by atoms with Crippen molar-refractivity contribution in [2.24, 2.45) is 0 Å². The van der Waals surface area contributed by atoms with Crippen LogP contribution >= 0.6 is 0 Å². The maximum absolute atomic E-state index is 12.9. The summed E-state index contributed by atoms with van der Waals surface area (Å²) in [6, 6.07) is 12.1. The van der Waals surface area contributed by atoms with E-state index < -0.39 is 10.0 Å². The Labute approximate surface area is 136 Å². The van der Waals surface area contributed by atoms with E-state index in [1.165, 1.54) is 4.31 Å². The van der Waals surface area contributed by atoms with Gasteiger partial charge in [-0.25, -0.2) is 8.42 Å². The molecule has 0 saturated carbocycles. The van der Waals surface area contributed by atoms with Gasteiger partial charge < -0.3 is 9.47 Å². The Kier molecular flexibility index (Phi) is 4.17. The zero-order valence-corrected chi connectivity index (χ0v) is 14.0. The van der Waals surface area contributed by atoms with E-state index in [1.807, 2.05) is 13.8 Å². The maximum Gasteiger partial charge on any atom is 0.264 e. The summed E-state index contributed by atoms with van der Waals surface area (Å²) < 4.78 is 38.2. The van der Waals surface area contributed by atoms with Gasteiger partial charge in [0.2, 0.25) is 0 Å². The summed E-state index contributed by atoms with van der Waals surface area (Å²) in [5, 5.41) is 0. The fourth-order valence-electron chi connectivity index (χ4n) is 2.52. The molecule has 6 heteroatoms. The maximum atomic E-state index is 12.9. The monoisotopic (exact) mass is 333 g/mol. The van der Waals surface area contributed by atoms with Gasteiger partial charge in [0.25, 0.3) is 10.0 Å². The summed E-state index contributed by atoms with van der Waals surface area (Å²) in [7, 11) is -3.61. The minimum absolute atomic E-state index is 0.278. The van der Waals surface area contributed by atoms with E-state index in [4.69, 9.17) is 9.47 Å². The molecule has 1 heterocycles. The fourth-order valence-corrected chi connectivity index (χ4v) is 3.98. The highest BCUT2D eigenvalue weighted by atomic mass is 32.2. The van der Waals surface area contributed by atoms with E-state index in [1.54, 1.807) is 42.5 Å². The SMILES string of the molecule is CCN(c1ccc2c(c1)OCCO2)S(=O)(=O)c1ccc(C)cc1. The van der Waals surface area contributed by atoms with Crippen LogP contribution in [-0.4, -0.2) is 28.2 Å². The van der Waals surface area contributed by atoms with Crippen molar-refractivity contribution in [1.29, 1.82) is 0 Å². The van der Waals surface area contributed by atoms with Crippen LogP contribution in [-0.2, 0) is 10.0 Å². The molecule has 0 aliphatic carbocycles. The standard InChI is InChI=1S/C17H19NO4S/c1-3-18(23(19,20)15-7-4-13(2)5-8-15)14-6-9-16-17(12-14)22-11-10-21-16/h4-9,12H,3,10-11H2,1-2H3. The molecular weight excluding hydrogens is 314 g/mol. The molecule has 1 aliphatic rings. The van der Waals surface area contributed by atoms with Crippen molar-refractivity contribution in [2.45, 2.75) is 18.7 Å². The quantitative estimate of drug-likeness (QED) is 0.863. The Balaban J connectivity index is 2.00. The number of rotatable bonds is 4. The predicted octanol–water partition coefficient (Wildman–Crippen LogP) is 2.98. The summed E-state index contributed by atoms with van der Waals surface area (Å²) in [4.78, 5) is 0.278. The molecule has 5 nitrogen and oxygen atoms in total. The van der Waals surface area contributed by atoms with Gasteiger partial charge in [0.1, 0.15) is 13.2 Å². The van der Waals surface area contributed by atoms with Gasteiger partial charge in [0.15, 0.2) is 11.5 Å². The van der Waals surface area contributed by atoms with Crippen molar-refractivity contribution < 1.29 is 17.9 Å². The highest BCUT2D eigenvalue weighted by molar-refractivity contribution is 7.92. The zero-order valence-electron chi connectivity index (χ0n) is 13.2. The van der Waals surface area contributed by atoms with Gasteiger partial charge in [0.05, 0.1) is 10.6 Å². The van der Waals surface area contributed by atoms with Crippen molar-refractivity contribution in [2.75, 3.05) is 24.1 Å². The van der Waals surface area contributed by atoms with Crippen LogP contribution in [0.1, 0.15) is 12.5 Å². The molecule has 2 aromatic carbocycles. The predicted molar refractivity (Wildman–Crippen MR) is 88.8 cm³/mol. The van der Waals surface area contributed by atoms with Gasteiger partial charge >= 0.3 is 0 Å². The Morgan fingerprint density at radius 1 is 1.00 bits per heavy atom. The smallest absolute Gasteiger partial charge is 0.264 e. The number of fused-ring (bicyclic) bond motifs is 1. The highest BCUT2D eigenvalue weighted by Crippen LogP contribution is 2.35. The van der Waals surface area contributed by atoms with E-state index in [0.717, 1.165) is 5.56 Å². The Hall–Kier alpha value is -2.21. The van der Waals surface area contributed by atoms with E-state index in [2.05, 4.69) is 0 Å². The molecule has 23 heavy (non-hydrogen) atoms. The van der Waals surface area contributed by atoms with Crippen molar-refractivity contribution >= 4 is 15.7 Å². The third kappa shape index (κ3) is 2.99. The van der Waals surface area contributed by atoms with Crippen LogP contribution in [0.2, 0.25) is 0 Å². The van der Waals surface area contributed by atoms with E-state index in [9.17, 15) is 8.42 Å². The topological polar surface area (TPSA) is 55.8 Å². The number of ether oxygens (including phenoxy) is 2. The van der Waals surface area contributed by atoms with E-state index in [0.29, 0.717) is 36.9 Å². The molecule has 0 unspecified atom stereocenters. The molecule has 0 spiro atoms. The number of anilines is 1. The van der Waals surface area contributed by atoms with Crippen LogP contribution in [0.3, 0.4) is 0 Å². The second kappa shape index (κ2) is 6.12. The van der Waals surface area contributed by atoms with Crippen molar-refractivity contribution in [3.63, 3.8) is 0 Å². The second-order valence-corrected chi connectivity index (χ2v) is 7.17. The third-order valence-electron chi connectivity index (χ3n) is 3.71. The molecule has 0 atom stereocenters. The van der Waals surface area contributed by atoms with Crippen LogP contribution in [0, 0.1) is 6.92 Å². The molecule has 0 aromatic heterocycles. The number of benzene rings is 2. The first-order chi connectivity index (χ1) is 11.0. The Bertz CT molecular complexity index is 800. The Morgan fingerprint density at radius 3 is 2.30 bits per heavy atom. The lowest BCUT2D eigenvalue weighted by Gasteiger charge is -2.25. The molecule has 3 rings (SSSR count). The van der Waals surface area contributed by atoms with Crippen molar-refractivity contribution in [1.82, 2.24) is 0 Å². The molecule has 122 valence electrons. The fraction of sp³-hybridized carbons (Fsp3) is 0.294. The molecule has 0 bridgehead atoms. The number of hydrogen-bond donors (Lipinski definition) is 0. The van der Waals surface area contributed by atoms with Crippen molar-refractivity contribution in [3.05, 3.63) is 48.0 Å². The molecule has 2 aromatic rings. The van der Waals surface area contributed by atoms with Gasteiger partial charge in [-0.3, -0.25) is 4.31 Å². The van der Waals surface area contributed by atoms with Gasteiger partial charge in [-0.2, -0.15) is 0 Å². The second-order valence-electron chi connectivity index (χ2n) is 5.31. The van der Waals surface area contributed by atoms with Gasteiger partial charge in [-0.1, -0.05) is 17.7 Å². The van der Waals surface area contributed by atoms with Gasteiger partial charge in [-0.05, 0) is 38.1 Å². The molecular formula is C17H19NO4S. The average molecular weight is 333 g/mol. The summed E-state index contributed by atoms with van der Waals surface area (Å²) in [6.45, 7) is 5.03. The number of nitrogens with zero attached hydrogens (tertiary/aromatic N) is 1. The molecule has 1 aliphatic heterocycles. The highest BCUT2D eigenvalue weighted by Gasteiger charge is 2.25. The number of aryl methyl sites for hydroxylation is 1. The lowest BCUT2D eigenvalue weighted by Crippen LogP contribution is -2.31. The van der Waals surface area contributed by atoms with Crippen LogP contribution < -0.4 is 13.8 Å². The summed E-state index contributed by atoms with van der Waals surface area (Å²) in [6.07, 6.45) is 0. The third-order valence-corrected chi connectivity index (χ3v) is 5.63. The van der Waals surface area contributed by atoms with Crippen LogP contribution in [0.25, 0.3) is 0 Å². The van der Waals surface area contributed by atoms with Gasteiger partial charge in [0, 0.05) is 12.6 Å². The van der Waals surface area contributed by atoms with E-state index >= 15 is 0 Å². The number of hydrogen-bond acceptors (Lipinski definition) is 4. The summed E-state index contributed by atoms with van der Waals surface area (Å²) >= 11 is 0. The first kappa shape index (κ1) is 15.7. The minimum atomic E-state index is -3.61. The number of sulfonamides is 1. The normalized spacial score (nSPS) is 13.7.